The number of hydrogen-bond acceptors (Lipinski definition) is 3. The third-order valence-electron chi connectivity index (χ3n) is 2.84. The first-order valence-electron chi connectivity index (χ1n) is 5.68. The maximum Gasteiger partial charge on any atom is 0.158 e. The first-order valence-corrected chi connectivity index (χ1v) is 7.61. The first kappa shape index (κ1) is 12.8. The van der Waals surface area contributed by atoms with E-state index in [-0.39, 0.29) is 0 Å². The van der Waals surface area contributed by atoms with Crippen LogP contribution in [0.3, 0.4) is 0 Å². The Labute approximate surface area is 110 Å². The molecule has 2 heterocycles. The fourth-order valence-corrected chi connectivity index (χ4v) is 2.61. The molecule has 2 aromatic heterocycles. The van der Waals surface area contributed by atoms with E-state index in [0.29, 0.717) is 5.88 Å². The van der Waals surface area contributed by atoms with Crippen molar-refractivity contribution in [2.24, 2.45) is 7.05 Å². The Bertz CT molecular complexity index is 517. The second kappa shape index (κ2) is 5.31. The van der Waals surface area contributed by atoms with E-state index in [0.717, 1.165) is 41.4 Å². The van der Waals surface area contributed by atoms with Crippen molar-refractivity contribution >= 4 is 34.5 Å². The van der Waals surface area contributed by atoms with Crippen LogP contribution in [0.5, 0.6) is 0 Å². The Morgan fingerprint density at radius 2 is 2.18 bits per heavy atom. The Hall–Kier alpha value is -0.680. The minimum atomic E-state index is 0.451. The van der Waals surface area contributed by atoms with E-state index < -0.39 is 0 Å². The zero-order valence-corrected chi connectivity index (χ0v) is 12.0. The van der Waals surface area contributed by atoms with Crippen LogP contribution in [-0.4, -0.2) is 31.3 Å². The van der Waals surface area contributed by atoms with Crippen LogP contribution in [0.25, 0.3) is 11.2 Å². The molecule has 94 valence electrons. The van der Waals surface area contributed by atoms with Crippen molar-refractivity contribution in [3.05, 3.63) is 11.5 Å². The summed E-state index contributed by atoms with van der Waals surface area (Å²) < 4.78 is 4.10. The molecule has 0 radical (unpaired) electrons. The zero-order chi connectivity index (χ0) is 12.4. The molecule has 0 aliphatic rings. The molecular formula is C11H17ClN4S. The van der Waals surface area contributed by atoms with Crippen molar-refractivity contribution in [2.45, 2.75) is 25.8 Å². The molecule has 2 rings (SSSR count). The fraction of sp³-hybridized carbons (Fsp3) is 0.636. The average Bonchev–Trinajstić information content (AvgIpc) is 2.84. The quantitative estimate of drug-likeness (QED) is 0.785. The van der Waals surface area contributed by atoms with Gasteiger partial charge in [0.15, 0.2) is 5.65 Å². The maximum absolute atomic E-state index is 5.97. The summed E-state index contributed by atoms with van der Waals surface area (Å²) in [5.41, 5.74) is 3.15. The van der Waals surface area contributed by atoms with Crippen molar-refractivity contribution < 1.29 is 0 Å². The predicted molar refractivity (Wildman–Crippen MR) is 73.8 cm³/mol. The summed E-state index contributed by atoms with van der Waals surface area (Å²) in [6, 6.07) is 0. The number of fused-ring (bicyclic) bond motifs is 1. The van der Waals surface area contributed by atoms with Crippen molar-refractivity contribution in [1.82, 2.24) is 19.3 Å². The number of aryl methyl sites for hydroxylation is 3. The van der Waals surface area contributed by atoms with E-state index in [4.69, 9.17) is 11.6 Å². The maximum atomic E-state index is 5.97. The number of thioether (sulfide) groups is 1. The van der Waals surface area contributed by atoms with Crippen molar-refractivity contribution in [3.63, 3.8) is 0 Å². The molecule has 0 amide bonds. The molecule has 17 heavy (non-hydrogen) atoms. The molecule has 0 aliphatic carbocycles. The van der Waals surface area contributed by atoms with Crippen molar-refractivity contribution in [2.75, 3.05) is 12.0 Å². The predicted octanol–water partition coefficient (Wildman–Crippen LogP) is 2.43. The van der Waals surface area contributed by atoms with Crippen LogP contribution >= 0.6 is 23.4 Å². The van der Waals surface area contributed by atoms with Gasteiger partial charge in [-0.1, -0.05) is 6.92 Å². The molecule has 0 fully saturated rings. The van der Waals surface area contributed by atoms with Crippen molar-refractivity contribution in [1.29, 1.82) is 0 Å². The minimum Gasteiger partial charge on any atom is -0.311 e. The molecule has 2 aromatic rings. The summed E-state index contributed by atoms with van der Waals surface area (Å²) in [6.07, 6.45) is 3.01. The third-order valence-corrected chi connectivity index (χ3v) is 3.67. The number of rotatable bonds is 5. The van der Waals surface area contributed by atoms with Gasteiger partial charge in [0.05, 0.1) is 11.6 Å². The Balaban J connectivity index is 2.57. The van der Waals surface area contributed by atoms with Gasteiger partial charge in [-0.15, -0.1) is 11.6 Å². The van der Waals surface area contributed by atoms with Crippen LogP contribution < -0.4 is 0 Å². The fourth-order valence-electron chi connectivity index (χ4n) is 2.04. The van der Waals surface area contributed by atoms with Gasteiger partial charge in [0.25, 0.3) is 0 Å². The second-order valence-corrected chi connectivity index (χ2v) is 5.16. The normalized spacial score (nSPS) is 11.5. The lowest BCUT2D eigenvalue weighted by Crippen LogP contribution is -2.08. The molecular weight excluding hydrogens is 256 g/mol. The molecule has 4 nitrogen and oxygen atoms in total. The van der Waals surface area contributed by atoms with Gasteiger partial charge in [-0.2, -0.15) is 16.9 Å². The highest BCUT2D eigenvalue weighted by Gasteiger charge is 2.17. The summed E-state index contributed by atoms with van der Waals surface area (Å²) >= 11 is 7.79. The Morgan fingerprint density at radius 1 is 1.41 bits per heavy atom. The van der Waals surface area contributed by atoms with Gasteiger partial charge in [0.1, 0.15) is 11.3 Å². The van der Waals surface area contributed by atoms with E-state index in [9.17, 15) is 0 Å². The van der Waals surface area contributed by atoms with E-state index >= 15 is 0 Å². The van der Waals surface area contributed by atoms with Crippen LogP contribution in [0.4, 0.5) is 0 Å². The van der Waals surface area contributed by atoms with Gasteiger partial charge >= 0.3 is 0 Å². The number of halogens is 1. The first-order chi connectivity index (χ1) is 8.22. The highest BCUT2D eigenvalue weighted by molar-refractivity contribution is 7.98. The average molecular weight is 273 g/mol. The molecule has 0 spiro atoms. The number of aromatic nitrogens is 4. The lowest BCUT2D eigenvalue weighted by Gasteiger charge is -2.06. The van der Waals surface area contributed by atoms with Crippen LogP contribution in [-0.2, 0) is 25.9 Å². The number of hydrogen-bond donors (Lipinski definition) is 0. The minimum absolute atomic E-state index is 0.451. The Morgan fingerprint density at radius 3 is 2.76 bits per heavy atom. The molecule has 6 heteroatoms. The van der Waals surface area contributed by atoms with Gasteiger partial charge < -0.3 is 4.57 Å². The van der Waals surface area contributed by atoms with Gasteiger partial charge in [-0.3, -0.25) is 4.68 Å². The number of alkyl halides is 1. The van der Waals surface area contributed by atoms with E-state index in [1.165, 1.54) is 0 Å². The highest BCUT2D eigenvalue weighted by atomic mass is 35.5. The largest absolute Gasteiger partial charge is 0.311 e. The second-order valence-electron chi connectivity index (χ2n) is 3.90. The summed E-state index contributed by atoms with van der Waals surface area (Å²) in [6.45, 7) is 3.03. The number of nitrogens with zero attached hydrogens (tertiary/aromatic N) is 4. The smallest absolute Gasteiger partial charge is 0.158 e. The molecule has 0 bridgehead atoms. The van der Waals surface area contributed by atoms with Crippen LogP contribution in [0.2, 0.25) is 0 Å². The lowest BCUT2D eigenvalue weighted by molar-refractivity contribution is 0.687. The number of imidazole rings is 1. The Kier molecular flexibility index (Phi) is 3.99. The SMILES string of the molecule is CCc1nn(C)c2c1nc(CCl)n2CCSC. The summed E-state index contributed by atoms with van der Waals surface area (Å²) in [4.78, 5) is 4.61. The molecule has 0 aliphatic heterocycles. The van der Waals surface area contributed by atoms with Gasteiger partial charge in [-0.25, -0.2) is 4.98 Å². The van der Waals surface area contributed by atoms with Gasteiger partial charge in [0, 0.05) is 19.3 Å². The monoisotopic (exact) mass is 272 g/mol. The van der Waals surface area contributed by atoms with Gasteiger partial charge in [0.2, 0.25) is 0 Å². The third kappa shape index (κ3) is 2.18. The van der Waals surface area contributed by atoms with Crippen LogP contribution in [0.15, 0.2) is 0 Å². The molecule has 0 unspecified atom stereocenters. The summed E-state index contributed by atoms with van der Waals surface area (Å²) in [5, 5.41) is 4.50. The van der Waals surface area contributed by atoms with Crippen molar-refractivity contribution in [3.8, 4) is 0 Å². The van der Waals surface area contributed by atoms with E-state index in [1.807, 2.05) is 23.5 Å². The molecule has 0 saturated carbocycles. The molecule has 0 aromatic carbocycles. The summed E-state index contributed by atoms with van der Waals surface area (Å²) in [7, 11) is 1.97. The lowest BCUT2D eigenvalue weighted by atomic mass is 10.3. The van der Waals surface area contributed by atoms with E-state index in [1.54, 1.807) is 0 Å². The summed E-state index contributed by atoms with van der Waals surface area (Å²) in [5.74, 6) is 2.45. The topological polar surface area (TPSA) is 35.6 Å². The van der Waals surface area contributed by atoms with E-state index in [2.05, 4.69) is 27.8 Å². The molecule has 0 atom stereocenters. The molecule has 0 saturated heterocycles. The highest BCUT2D eigenvalue weighted by Crippen LogP contribution is 2.21. The van der Waals surface area contributed by atoms with Gasteiger partial charge in [-0.05, 0) is 12.7 Å². The zero-order valence-electron chi connectivity index (χ0n) is 10.4. The standard InChI is InChI=1S/C11H17ClN4S/c1-4-8-10-11(15(2)14-8)16(5-6-17-3)9(7-12)13-10/h4-7H2,1-3H3. The molecule has 0 N–H and O–H groups in total. The van der Waals surface area contributed by atoms with Crippen LogP contribution in [0.1, 0.15) is 18.4 Å². The van der Waals surface area contributed by atoms with Crippen LogP contribution in [0, 0.1) is 0 Å².